The summed E-state index contributed by atoms with van der Waals surface area (Å²) in [6.07, 6.45) is 4.33. The predicted molar refractivity (Wildman–Crippen MR) is 85.5 cm³/mol. The Labute approximate surface area is 131 Å². The highest BCUT2D eigenvalue weighted by atomic mass is 16.2. The average Bonchev–Trinajstić information content (AvgIpc) is 2.54. The number of carbonyl (C=O) groups excluding carboxylic acids is 2. The number of likely N-dealkylation sites (tertiary alicyclic amines) is 1. The number of nitrogens with zero attached hydrogens (tertiary/aromatic N) is 1. The van der Waals surface area contributed by atoms with E-state index in [1.807, 2.05) is 6.92 Å². The standard InChI is InChI=1S/C18H24N2O2/c1-2-17(21)20-10-6-5-9-16(20)18(22)19-12-14-11-13-7-3-4-8-15(13)14/h3-4,7-8,14,16H,2,5-6,9-12H2,1H3,(H,19,22). The van der Waals surface area contributed by atoms with Gasteiger partial charge in [-0.3, -0.25) is 9.59 Å². The van der Waals surface area contributed by atoms with Crippen molar-refractivity contribution in [2.45, 2.75) is 51.0 Å². The van der Waals surface area contributed by atoms with Gasteiger partial charge in [0.15, 0.2) is 0 Å². The molecular formula is C18H24N2O2. The van der Waals surface area contributed by atoms with Crippen molar-refractivity contribution in [3.63, 3.8) is 0 Å². The van der Waals surface area contributed by atoms with Gasteiger partial charge in [-0.05, 0) is 36.8 Å². The molecule has 1 fully saturated rings. The zero-order valence-corrected chi connectivity index (χ0v) is 13.2. The van der Waals surface area contributed by atoms with E-state index in [-0.39, 0.29) is 17.9 Å². The number of amides is 2. The maximum atomic E-state index is 12.5. The summed E-state index contributed by atoms with van der Waals surface area (Å²) in [7, 11) is 0. The smallest absolute Gasteiger partial charge is 0.242 e. The lowest BCUT2D eigenvalue weighted by Crippen LogP contribution is -2.52. The van der Waals surface area contributed by atoms with Crippen LogP contribution in [0.15, 0.2) is 24.3 Å². The molecule has 1 aromatic carbocycles. The Morgan fingerprint density at radius 1 is 1.27 bits per heavy atom. The zero-order valence-electron chi connectivity index (χ0n) is 13.2. The molecule has 0 saturated carbocycles. The minimum absolute atomic E-state index is 0.0193. The van der Waals surface area contributed by atoms with E-state index in [4.69, 9.17) is 0 Å². The molecule has 22 heavy (non-hydrogen) atoms. The lowest BCUT2D eigenvalue weighted by atomic mass is 9.77. The van der Waals surface area contributed by atoms with Gasteiger partial charge >= 0.3 is 0 Å². The minimum atomic E-state index is -0.267. The lowest BCUT2D eigenvalue weighted by Gasteiger charge is -2.36. The van der Waals surface area contributed by atoms with Crippen LogP contribution < -0.4 is 5.32 Å². The van der Waals surface area contributed by atoms with Crippen LogP contribution in [-0.2, 0) is 16.0 Å². The maximum Gasteiger partial charge on any atom is 0.242 e. The third kappa shape index (κ3) is 2.87. The summed E-state index contributed by atoms with van der Waals surface area (Å²) in [6, 6.07) is 8.13. The molecule has 2 atom stereocenters. The highest BCUT2D eigenvalue weighted by Gasteiger charge is 2.32. The van der Waals surface area contributed by atoms with Gasteiger partial charge in [0.25, 0.3) is 0 Å². The summed E-state index contributed by atoms with van der Waals surface area (Å²) in [5.74, 6) is 0.541. The van der Waals surface area contributed by atoms with Gasteiger partial charge in [-0.1, -0.05) is 31.2 Å². The van der Waals surface area contributed by atoms with Gasteiger partial charge in [0.2, 0.25) is 11.8 Å². The fraction of sp³-hybridized carbons (Fsp3) is 0.556. The third-order valence-corrected chi connectivity index (χ3v) is 4.91. The maximum absolute atomic E-state index is 12.5. The molecule has 2 amide bonds. The Balaban J connectivity index is 1.56. The summed E-state index contributed by atoms with van der Waals surface area (Å²) >= 11 is 0. The Morgan fingerprint density at radius 2 is 2.09 bits per heavy atom. The van der Waals surface area contributed by atoms with E-state index in [0.717, 1.165) is 32.2 Å². The molecule has 0 spiro atoms. The third-order valence-electron chi connectivity index (χ3n) is 4.91. The van der Waals surface area contributed by atoms with Gasteiger partial charge in [0.1, 0.15) is 6.04 Å². The van der Waals surface area contributed by atoms with E-state index in [2.05, 4.69) is 29.6 Å². The molecule has 2 unspecified atom stereocenters. The second kappa shape index (κ2) is 6.51. The van der Waals surface area contributed by atoms with Gasteiger partial charge in [0.05, 0.1) is 0 Å². The van der Waals surface area contributed by atoms with Gasteiger partial charge in [-0.25, -0.2) is 0 Å². The van der Waals surface area contributed by atoms with Crippen LogP contribution in [0.25, 0.3) is 0 Å². The van der Waals surface area contributed by atoms with Crippen LogP contribution in [0, 0.1) is 0 Å². The molecule has 1 heterocycles. The number of nitrogens with one attached hydrogen (secondary N) is 1. The molecule has 1 saturated heterocycles. The van der Waals surface area contributed by atoms with Gasteiger partial charge in [0, 0.05) is 25.4 Å². The summed E-state index contributed by atoms with van der Waals surface area (Å²) in [5.41, 5.74) is 2.75. The molecule has 118 valence electrons. The molecular weight excluding hydrogens is 276 g/mol. The van der Waals surface area contributed by atoms with Crippen LogP contribution >= 0.6 is 0 Å². The molecule has 2 aliphatic rings. The molecule has 1 aliphatic heterocycles. The van der Waals surface area contributed by atoms with Crippen LogP contribution in [-0.4, -0.2) is 35.8 Å². The number of hydrogen-bond donors (Lipinski definition) is 1. The Kier molecular flexibility index (Phi) is 4.46. The summed E-state index contributed by atoms with van der Waals surface area (Å²) in [5, 5.41) is 3.07. The van der Waals surface area contributed by atoms with E-state index in [1.54, 1.807) is 4.90 Å². The van der Waals surface area contributed by atoms with E-state index >= 15 is 0 Å². The quantitative estimate of drug-likeness (QED) is 0.927. The zero-order chi connectivity index (χ0) is 15.5. The van der Waals surface area contributed by atoms with Crippen LogP contribution in [0.4, 0.5) is 0 Å². The number of benzene rings is 1. The first kappa shape index (κ1) is 15.1. The fourth-order valence-electron chi connectivity index (χ4n) is 3.59. The highest BCUT2D eigenvalue weighted by Crippen LogP contribution is 2.34. The lowest BCUT2D eigenvalue weighted by molar-refractivity contribution is -0.142. The second-order valence-electron chi connectivity index (χ2n) is 6.30. The van der Waals surface area contributed by atoms with Crippen molar-refractivity contribution in [1.82, 2.24) is 10.2 Å². The van der Waals surface area contributed by atoms with E-state index in [1.165, 1.54) is 11.1 Å². The van der Waals surface area contributed by atoms with Crippen LogP contribution in [0.5, 0.6) is 0 Å². The monoisotopic (exact) mass is 300 g/mol. The number of fused-ring (bicyclic) bond motifs is 1. The van der Waals surface area contributed by atoms with E-state index in [0.29, 0.717) is 18.9 Å². The second-order valence-corrected chi connectivity index (χ2v) is 6.30. The molecule has 0 bridgehead atoms. The van der Waals surface area contributed by atoms with Crippen molar-refractivity contribution in [2.75, 3.05) is 13.1 Å². The minimum Gasteiger partial charge on any atom is -0.354 e. The molecule has 4 nitrogen and oxygen atoms in total. The van der Waals surface area contributed by atoms with Crippen molar-refractivity contribution in [3.8, 4) is 0 Å². The van der Waals surface area contributed by atoms with Gasteiger partial charge in [-0.2, -0.15) is 0 Å². The molecule has 0 aromatic heterocycles. The molecule has 1 aromatic rings. The first-order chi connectivity index (χ1) is 10.7. The summed E-state index contributed by atoms with van der Waals surface area (Å²) in [6.45, 7) is 3.26. The summed E-state index contributed by atoms with van der Waals surface area (Å²) in [4.78, 5) is 26.2. The Hall–Kier alpha value is -1.84. The van der Waals surface area contributed by atoms with Crippen molar-refractivity contribution in [3.05, 3.63) is 35.4 Å². The topological polar surface area (TPSA) is 49.4 Å². The number of hydrogen-bond acceptors (Lipinski definition) is 2. The number of carbonyl (C=O) groups is 2. The molecule has 0 radical (unpaired) electrons. The van der Waals surface area contributed by atoms with E-state index < -0.39 is 0 Å². The largest absolute Gasteiger partial charge is 0.354 e. The number of piperidine rings is 1. The predicted octanol–water partition coefficient (Wildman–Crippen LogP) is 2.23. The molecule has 4 heteroatoms. The van der Waals surface area contributed by atoms with Gasteiger partial charge in [-0.15, -0.1) is 0 Å². The van der Waals surface area contributed by atoms with Crippen LogP contribution in [0.2, 0.25) is 0 Å². The normalized spacial score (nSPS) is 23.4. The van der Waals surface area contributed by atoms with Crippen molar-refractivity contribution < 1.29 is 9.59 Å². The van der Waals surface area contributed by atoms with E-state index in [9.17, 15) is 9.59 Å². The first-order valence-electron chi connectivity index (χ1n) is 8.35. The molecule has 1 aliphatic carbocycles. The first-order valence-corrected chi connectivity index (χ1v) is 8.35. The molecule has 3 rings (SSSR count). The van der Waals surface area contributed by atoms with Crippen LogP contribution in [0.1, 0.15) is 49.7 Å². The highest BCUT2D eigenvalue weighted by molar-refractivity contribution is 5.87. The Morgan fingerprint density at radius 3 is 2.86 bits per heavy atom. The van der Waals surface area contributed by atoms with Crippen molar-refractivity contribution >= 4 is 11.8 Å². The Bertz CT molecular complexity index is 570. The van der Waals surface area contributed by atoms with Crippen molar-refractivity contribution in [1.29, 1.82) is 0 Å². The number of rotatable bonds is 4. The van der Waals surface area contributed by atoms with Gasteiger partial charge < -0.3 is 10.2 Å². The summed E-state index contributed by atoms with van der Waals surface area (Å²) < 4.78 is 0. The SMILES string of the molecule is CCC(=O)N1CCCCC1C(=O)NCC1Cc2ccccc21. The molecule has 1 N–H and O–H groups in total. The average molecular weight is 300 g/mol. The van der Waals surface area contributed by atoms with Crippen LogP contribution in [0.3, 0.4) is 0 Å². The fourth-order valence-corrected chi connectivity index (χ4v) is 3.59. The van der Waals surface area contributed by atoms with Crippen molar-refractivity contribution in [2.24, 2.45) is 0 Å².